The van der Waals surface area contributed by atoms with E-state index in [-0.39, 0.29) is 15.2 Å². The van der Waals surface area contributed by atoms with E-state index in [4.69, 9.17) is 5.73 Å². The molecule has 0 atom stereocenters. The van der Waals surface area contributed by atoms with Crippen molar-refractivity contribution in [3.05, 3.63) is 101 Å². The summed E-state index contributed by atoms with van der Waals surface area (Å²) >= 11 is 0. The van der Waals surface area contributed by atoms with Crippen LogP contribution < -0.4 is 15.8 Å². The Morgan fingerprint density at radius 2 is 1.88 bits per heavy atom. The number of allylic oxidation sites excluding steroid dienone is 1. The molecule has 0 radical (unpaired) electrons. The summed E-state index contributed by atoms with van der Waals surface area (Å²) in [5.41, 5.74) is 11.8. The Labute approximate surface area is 198 Å². The van der Waals surface area contributed by atoms with Crippen LogP contribution in [0.3, 0.4) is 0 Å². The molecule has 0 saturated heterocycles. The number of hydrogen-bond acceptors (Lipinski definition) is 6. The average Bonchev–Trinajstić information content (AvgIpc) is 2.83. The molecule has 33 heavy (non-hydrogen) atoms. The van der Waals surface area contributed by atoms with Gasteiger partial charge in [-0.25, -0.2) is 13.1 Å². The minimum absolute atomic E-state index is 0. The second kappa shape index (κ2) is 11.9. The lowest BCUT2D eigenvalue weighted by Gasteiger charge is -2.14. The molecule has 0 amide bonds. The van der Waals surface area contributed by atoms with E-state index in [1.165, 1.54) is 12.6 Å². The van der Waals surface area contributed by atoms with Crippen molar-refractivity contribution in [3.63, 3.8) is 0 Å². The van der Waals surface area contributed by atoms with E-state index >= 15 is 0 Å². The van der Waals surface area contributed by atoms with Gasteiger partial charge >= 0.3 is 0 Å². The molecule has 3 aromatic rings. The zero-order chi connectivity index (χ0) is 23.5. The van der Waals surface area contributed by atoms with Crippen molar-refractivity contribution < 1.29 is 11.3 Å². The number of nitrogens with two attached hydrogens (primary N) is 1. The lowest BCUT2D eigenvalue weighted by molar-refractivity contribution is 0.588. The van der Waals surface area contributed by atoms with Gasteiger partial charge in [0.1, 0.15) is 0 Å². The molecule has 0 aliphatic rings. The summed E-state index contributed by atoms with van der Waals surface area (Å²) in [6.07, 6.45) is 7.71. The van der Waals surface area contributed by atoms with Crippen LogP contribution in [0.1, 0.15) is 25.1 Å². The van der Waals surface area contributed by atoms with Crippen LogP contribution in [0.15, 0.2) is 84.1 Å². The van der Waals surface area contributed by atoms with Crippen molar-refractivity contribution in [1.82, 2.24) is 9.71 Å². The summed E-state index contributed by atoms with van der Waals surface area (Å²) in [6.45, 7) is 0.773. The van der Waals surface area contributed by atoms with Crippen molar-refractivity contribution >= 4 is 27.6 Å². The number of aliphatic imine (C=N–C) groups is 1. The fraction of sp³-hybridized carbons (Fsp3) is 0.200. The summed E-state index contributed by atoms with van der Waals surface area (Å²) in [5, 5.41) is 3.20. The zero-order valence-corrected chi connectivity index (χ0v) is 19.4. The molecular formula is C25H33N5O2S. The average molecular weight is 468 g/mol. The van der Waals surface area contributed by atoms with E-state index in [2.05, 4.69) is 32.1 Å². The predicted octanol–water partition coefficient (Wildman–Crippen LogP) is 3.70. The number of nitrogens with zero attached hydrogens (tertiary/aromatic N) is 2. The molecular weight excluding hydrogens is 434 g/mol. The van der Waals surface area contributed by atoms with E-state index in [1.54, 1.807) is 24.7 Å². The number of aromatic nitrogens is 1. The molecule has 0 spiro atoms. The lowest BCUT2D eigenvalue weighted by atomic mass is 10.00. The molecule has 8 heteroatoms. The predicted molar refractivity (Wildman–Crippen MR) is 140 cm³/mol. The van der Waals surface area contributed by atoms with Crippen LogP contribution >= 0.6 is 0 Å². The Hall–Kier alpha value is -3.49. The summed E-state index contributed by atoms with van der Waals surface area (Å²) in [7, 11) is -1.89. The Morgan fingerprint density at radius 3 is 2.61 bits per heavy atom. The second-order valence-corrected chi connectivity index (χ2v) is 9.51. The highest BCUT2D eigenvalue weighted by Gasteiger charge is 2.10. The smallest absolute Gasteiger partial charge is 0.213 e. The minimum atomic E-state index is -3.30. The Kier molecular flexibility index (Phi) is 8.74. The maximum atomic E-state index is 11.7. The highest BCUT2D eigenvalue weighted by Crippen LogP contribution is 2.24. The van der Waals surface area contributed by atoms with Gasteiger partial charge in [-0.2, -0.15) is 0 Å². The molecule has 1 aromatic heterocycles. The van der Waals surface area contributed by atoms with Gasteiger partial charge in [0.05, 0.1) is 12.3 Å². The first-order chi connectivity index (χ1) is 16.0. The molecule has 0 aliphatic carbocycles. The third-order valence-corrected chi connectivity index (χ3v) is 6.36. The van der Waals surface area contributed by atoms with Crippen LogP contribution in [0, 0.1) is 0 Å². The van der Waals surface area contributed by atoms with Gasteiger partial charge in [-0.1, -0.05) is 42.5 Å². The normalized spacial score (nSPS) is 12.2. The number of pyridine rings is 1. The summed E-state index contributed by atoms with van der Waals surface area (Å²) < 4.78 is 25.8. The van der Waals surface area contributed by atoms with Crippen molar-refractivity contribution in [3.8, 4) is 0 Å². The maximum absolute atomic E-state index is 11.7. The van der Waals surface area contributed by atoms with Crippen molar-refractivity contribution in [2.24, 2.45) is 10.7 Å². The molecule has 3 rings (SSSR count). The van der Waals surface area contributed by atoms with E-state index < -0.39 is 10.0 Å². The van der Waals surface area contributed by atoms with E-state index in [0.29, 0.717) is 12.2 Å². The zero-order valence-electron chi connectivity index (χ0n) is 18.6. The lowest BCUT2D eigenvalue weighted by Crippen LogP contribution is -2.26. The molecule has 4 N–H and O–H groups in total. The number of anilines is 1. The highest BCUT2D eigenvalue weighted by atomic mass is 32.2. The van der Waals surface area contributed by atoms with Crippen LogP contribution in [-0.2, 0) is 23.0 Å². The molecule has 0 fully saturated rings. The van der Waals surface area contributed by atoms with Crippen LogP contribution in [0.5, 0.6) is 0 Å². The van der Waals surface area contributed by atoms with Crippen LogP contribution in [0.2, 0.25) is 0 Å². The fourth-order valence-corrected chi connectivity index (χ4v) is 3.80. The fourth-order valence-electron chi connectivity index (χ4n) is 3.22. The number of rotatable bonds is 11. The monoisotopic (exact) mass is 467 g/mol. The molecule has 0 aliphatic heterocycles. The minimum Gasteiger partial charge on any atom is -0.398 e. The van der Waals surface area contributed by atoms with Gasteiger partial charge < -0.3 is 11.1 Å². The standard InChI is InChI=1S/C25H29N5O2S.2H2/c1-27-33(31,32)15-14-30-25-10-9-21(16-20-6-3-2-4-7-20)17-23(25)24(26)11-13-29-19-22-8-5-12-28-18-22;;/h2-13,17-18,27,30H,14-16,19,26H2,1H3;2*1H/b24-11-,29-13?;;. The Morgan fingerprint density at radius 1 is 1.09 bits per heavy atom. The van der Waals surface area contributed by atoms with Gasteiger partial charge in [-0.05, 0) is 54.4 Å². The quantitative estimate of drug-likeness (QED) is 0.373. The topological polar surface area (TPSA) is 109 Å². The third kappa shape index (κ3) is 7.85. The van der Waals surface area contributed by atoms with Crippen molar-refractivity contribution in [2.75, 3.05) is 24.7 Å². The van der Waals surface area contributed by atoms with Crippen LogP contribution in [0.4, 0.5) is 5.69 Å². The number of benzene rings is 2. The van der Waals surface area contributed by atoms with Gasteiger partial charge in [0.2, 0.25) is 10.0 Å². The summed E-state index contributed by atoms with van der Waals surface area (Å²) in [4.78, 5) is 8.49. The first kappa shape index (κ1) is 24.2. The number of sulfonamides is 1. The van der Waals surface area contributed by atoms with Gasteiger partial charge in [0.25, 0.3) is 0 Å². The summed E-state index contributed by atoms with van der Waals surface area (Å²) in [6, 6.07) is 20.0. The molecule has 0 saturated carbocycles. The SMILES string of the molecule is CNS(=O)(=O)CCNc1ccc(Cc2ccccc2)cc1/C(N)=C/C=NCc1cccnc1.[HH].[HH]. The van der Waals surface area contributed by atoms with E-state index in [9.17, 15) is 8.42 Å². The van der Waals surface area contributed by atoms with Crippen LogP contribution in [-0.4, -0.2) is 39.0 Å². The molecule has 176 valence electrons. The number of nitrogens with one attached hydrogen (secondary N) is 2. The Balaban J connectivity index is 0.00000306. The first-order valence-corrected chi connectivity index (χ1v) is 12.3. The second-order valence-electron chi connectivity index (χ2n) is 7.47. The molecule has 1 heterocycles. The molecule has 7 nitrogen and oxygen atoms in total. The molecule has 0 unspecified atom stereocenters. The van der Waals surface area contributed by atoms with Crippen molar-refractivity contribution in [2.45, 2.75) is 13.0 Å². The van der Waals surface area contributed by atoms with Gasteiger partial charge in [0.15, 0.2) is 0 Å². The third-order valence-electron chi connectivity index (χ3n) is 5.00. The van der Waals surface area contributed by atoms with Gasteiger partial charge in [0, 0.05) is 45.0 Å². The van der Waals surface area contributed by atoms with Crippen LogP contribution in [0.25, 0.3) is 5.70 Å². The maximum Gasteiger partial charge on any atom is 0.213 e. The summed E-state index contributed by atoms with van der Waals surface area (Å²) in [5.74, 6) is -0.0368. The van der Waals surface area contributed by atoms with Gasteiger partial charge in [-0.15, -0.1) is 0 Å². The molecule has 0 bridgehead atoms. The molecule has 2 aromatic carbocycles. The van der Waals surface area contributed by atoms with E-state index in [1.807, 2.05) is 48.5 Å². The largest absolute Gasteiger partial charge is 0.398 e. The van der Waals surface area contributed by atoms with Crippen molar-refractivity contribution in [1.29, 1.82) is 0 Å². The Bertz CT molecular complexity index is 1210. The highest BCUT2D eigenvalue weighted by molar-refractivity contribution is 7.89. The number of hydrogen-bond donors (Lipinski definition) is 3. The van der Waals surface area contributed by atoms with E-state index in [0.717, 1.165) is 28.8 Å². The first-order valence-electron chi connectivity index (χ1n) is 10.6. The van der Waals surface area contributed by atoms with Gasteiger partial charge in [-0.3, -0.25) is 9.98 Å².